The number of nitriles is 1. The van der Waals surface area contributed by atoms with E-state index in [2.05, 4.69) is 35.1 Å². The first-order chi connectivity index (χ1) is 15.0. The molecular weight excluding hydrogens is 394 g/mol. The van der Waals surface area contributed by atoms with Crippen molar-refractivity contribution in [1.29, 1.82) is 5.26 Å². The van der Waals surface area contributed by atoms with Gasteiger partial charge in [0.25, 0.3) is 5.89 Å². The molecule has 166 valence electrons. The van der Waals surface area contributed by atoms with Crippen LogP contribution in [0.15, 0.2) is 27.2 Å². The average molecular weight is 426 g/mol. The maximum Gasteiger partial charge on any atom is 0.266 e. The topological polar surface area (TPSA) is 98.5 Å². The molecule has 31 heavy (non-hydrogen) atoms. The Morgan fingerprint density at radius 3 is 2.74 bits per heavy atom. The molecule has 8 nitrogen and oxygen atoms in total. The molecule has 0 aromatic carbocycles. The van der Waals surface area contributed by atoms with Gasteiger partial charge in [0, 0.05) is 32.2 Å². The van der Waals surface area contributed by atoms with E-state index in [1.54, 1.807) is 18.4 Å². The van der Waals surface area contributed by atoms with Gasteiger partial charge in [-0.15, -0.1) is 0 Å². The van der Waals surface area contributed by atoms with Gasteiger partial charge in [-0.2, -0.15) is 10.2 Å². The van der Waals surface area contributed by atoms with Crippen LogP contribution >= 0.6 is 0 Å². The van der Waals surface area contributed by atoms with Crippen molar-refractivity contribution in [1.82, 2.24) is 15.2 Å². The quantitative estimate of drug-likeness (QED) is 0.785. The minimum absolute atomic E-state index is 0.108. The van der Waals surface area contributed by atoms with E-state index in [1.165, 1.54) is 12.8 Å². The minimum Gasteiger partial charge on any atom is -0.459 e. The fourth-order valence-electron chi connectivity index (χ4n) is 4.67. The van der Waals surface area contributed by atoms with Gasteiger partial charge in [0.1, 0.15) is 6.07 Å². The predicted molar refractivity (Wildman–Crippen MR) is 116 cm³/mol. The summed E-state index contributed by atoms with van der Waals surface area (Å²) in [5, 5.41) is 12.8. The Balaban J connectivity index is 1.35. The Labute approximate surface area is 183 Å². The monoisotopic (exact) mass is 425 g/mol. The lowest BCUT2D eigenvalue weighted by Gasteiger charge is -2.39. The first kappa shape index (κ1) is 21.4. The van der Waals surface area contributed by atoms with Crippen LogP contribution in [0.1, 0.15) is 45.7 Å². The van der Waals surface area contributed by atoms with E-state index in [-0.39, 0.29) is 23.7 Å². The zero-order valence-electron chi connectivity index (χ0n) is 18.5. The molecule has 8 heteroatoms. The van der Waals surface area contributed by atoms with Crippen molar-refractivity contribution in [3.8, 4) is 17.7 Å². The molecule has 1 saturated heterocycles. The molecule has 2 aromatic rings. The van der Waals surface area contributed by atoms with Crippen LogP contribution in [-0.4, -0.2) is 54.1 Å². The van der Waals surface area contributed by atoms with E-state index in [4.69, 9.17) is 8.83 Å². The highest BCUT2D eigenvalue weighted by Crippen LogP contribution is 2.30. The number of carbonyl (C=O) groups excluding carboxylic acids is 1. The number of hydrogen-bond donors (Lipinski definition) is 1. The molecule has 2 fully saturated rings. The van der Waals surface area contributed by atoms with Gasteiger partial charge in [0.2, 0.25) is 17.5 Å². The fourth-order valence-corrected chi connectivity index (χ4v) is 4.67. The molecule has 3 heterocycles. The van der Waals surface area contributed by atoms with Crippen LogP contribution in [0.3, 0.4) is 0 Å². The van der Waals surface area contributed by atoms with Crippen molar-refractivity contribution < 1.29 is 13.6 Å². The van der Waals surface area contributed by atoms with Crippen LogP contribution in [0.2, 0.25) is 0 Å². The van der Waals surface area contributed by atoms with Gasteiger partial charge < -0.3 is 19.1 Å². The van der Waals surface area contributed by atoms with Crippen molar-refractivity contribution in [3.63, 3.8) is 0 Å². The molecule has 2 aliphatic rings. The summed E-state index contributed by atoms with van der Waals surface area (Å²) in [6, 6.07) is 5.71. The van der Waals surface area contributed by atoms with E-state index in [1.807, 2.05) is 11.8 Å². The SMILES string of the molecule is C[C@@H]1[C@H](C)CCC[C@@H]1NC(=O)[C@@H](C)N1CCN(c2oc(-c3ccco3)nc2C#N)CC1. The second-order valence-electron chi connectivity index (χ2n) is 8.84. The third-order valence-electron chi connectivity index (χ3n) is 7.01. The van der Waals surface area contributed by atoms with Crippen molar-refractivity contribution in [2.45, 2.75) is 52.1 Å². The summed E-state index contributed by atoms with van der Waals surface area (Å²) in [5.41, 5.74) is 0.256. The first-order valence-corrected chi connectivity index (χ1v) is 11.2. The molecule has 0 radical (unpaired) electrons. The number of carbonyl (C=O) groups is 1. The standard InChI is InChI=1S/C23H31N5O3/c1-15-6-4-7-18(16(15)2)25-21(29)17(3)27-9-11-28(12-10-27)23-19(14-24)26-22(31-23)20-8-5-13-30-20/h5,8,13,15-18H,4,6-7,9-12H2,1-3H3,(H,25,29)/t15-,16-,17-,18+/m1/s1. The van der Waals surface area contributed by atoms with Gasteiger partial charge >= 0.3 is 0 Å². The number of nitrogens with one attached hydrogen (secondary N) is 1. The fraction of sp³-hybridized carbons (Fsp3) is 0.609. The molecule has 1 saturated carbocycles. The average Bonchev–Trinajstić information content (AvgIpc) is 3.46. The molecule has 0 spiro atoms. The maximum absolute atomic E-state index is 12.9. The second kappa shape index (κ2) is 9.15. The number of nitrogens with zero attached hydrogens (tertiary/aromatic N) is 4. The summed E-state index contributed by atoms with van der Waals surface area (Å²) in [6.07, 6.45) is 5.05. The summed E-state index contributed by atoms with van der Waals surface area (Å²) < 4.78 is 11.2. The van der Waals surface area contributed by atoms with E-state index >= 15 is 0 Å². The van der Waals surface area contributed by atoms with E-state index in [0.29, 0.717) is 55.5 Å². The molecule has 2 aromatic heterocycles. The highest BCUT2D eigenvalue weighted by atomic mass is 16.4. The molecule has 0 bridgehead atoms. The molecule has 0 unspecified atom stereocenters. The molecule has 1 aliphatic carbocycles. The van der Waals surface area contributed by atoms with Gasteiger partial charge in [0.05, 0.1) is 12.3 Å². The predicted octanol–water partition coefficient (Wildman–Crippen LogP) is 3.26. The van der Waals surface area contributed by atoms with Crippen LogP contribution in [0.25, 0.3) is 11.7 Å². The number of anilines is 1. The number of aromatic nitrogens is 1. The lowest BCUT2D eigenvalue weighted by atomic mass is 9.78. The molecule has 4 rings (SSSR count). The number of furan rings is 1. The Morgan fingerprint density at radius 2 is 2.06 bits per heavy atom. The van der Waals surface area contributed by atoms with E-state index in [0.717, 1.165) is 6.42 Å². The third kappa shape index (κ3) is 4.47. The summed E-state index contributed by atoms with van der Waals surface area (Å²) in [4.78, 5) is 21.4. The van der Waals surface area contributed by atoms with Gasteiger partial charge in [-0.3, -0.25) is 9.69 Å². The summed E-state index contributed by atoms with van der Waals surface area (Å²) >= 11 is 0. The third-order valence-corrected chi connectivity index (χ3v) is 7.01. The summed E-state index contributed by atoms with van der Waals surface area (Å²) in [5.74, 6) is 2.55. The lowest BCUT2D eigenvalue weighted by molar-refractivity contribution is -0.127. The van der Waals surface area contributed by atoms with Crippen molar-refractivity contribution in [2.75, 3.05) is 31.1 Å². The zero-order valence-corrected chi connectivity index (χ0v) is 18.5. The van der Waals surface area contributed by atoms with E-state index in [9.17, 15) is 10.1 Å². The normalized spacial score (nSPS) is 25.7. The van der Waals surface area contributed by atoms with Gasteiger partial charge in [-0.05, 0) is 37.3 Å². The Kier molecular flexibility index (Phi) is 6.33. The molecular formula is C23H31N5O3. The smallest absolute Gasteiger partial charge is 0.266 e. The number of oxazole rings is 1. The number of piperazine rings is 1. The Bertz CT molecular complexity index is 924. The zero-order chi connectivity index (χ0) is 22.0. The molecule has 1 aliphatic heterocycles. The van der Waals surface area contributed by atoms with Crippen molar-refractivity contribution in [3.05, 3.63) is 24.1 Å². The van der Waals surface area contributed by atoms with Crippen LogP contribution in [0.5, 0.6) is 0 Å². The summed E-state index contributed by atoms with van der Waals surface area (Å²) in [7, 11) is 0. The number of rotatable bonds is 5. The van der Waals surface area contributed by atoms with Gasteiger partial charge in [-0.25, -0.2) is 0 Å². The van der Waals surface area contributed by atoms with E-state index < -0.39 is 0 Å². The second-order valence-corrected chi connectivity index (χ2v) is 8.84. The highest BCUT2D eigenvalue weighted by Gasteiger charge is 2.32. The van der Waals surface area contributed by atoms with Crippen LogP contribution in [-0.2, 0) is 4.79 Å². The minimum atomic E-state index is -0.185. The Morgan fingerprint density at radius 1 is 1.29 bits per heavy atom. The lowest BCUT2D eigenvalue weighted by Crippen LogP contribution is -2.56. The first-order valence-electron chi connectivity index (χ1n) is 11.2. The van der Waals surface area contributed by atoms with Crippen LogP contribution < -0.4 is 10.2 Å². The number of hydrogen-bond acceptors (Lipinski definition) is 7. The van der Waals surface area contributed by atoms with Gasteiger partial charge in [0.15, 0.2) is 5.76 Å². The largest absolute Gasteiger partial charge is 0.459 e. The van der Waals surface area contributed by atoms with Crippen LogP contribution in [0, 0.1) is 23.2 Å². The van der Waals surface area contributed by atoms with Crippen molar-refractivity contribution >= 4 is 11.8 Å². The maximum atomic E-state index is 12.9. The summed E-state index contributed by atoms with van der Waals surface area (Å²) in [6.45, 7) is 9.26. The van der Waals surface area contributed by atoms with Gasteiger partial charge in [-0.1, -0.05) is 26.7 Å². The molecule has 1 amide bonds. The Hall–Kier alpha value is -2.79. The highest BCUT2D eigenvalue weighted by molar-refractivity contribution is 5.81. The molecule has 1 N–H and O–H groups in total. The van der Waals surface area contributed by atoms with Crippen molar-refractivity contribution in [2.24, 2.45) is 11.8 Å². The molecule has 4 atom stereocenters. The van der Waals surface area contributed by atoms with Crippen LogP contribution in [0.4, 0.5) is 5.88 Å². The number of amides is 1.